The zero-order valence-corrected chi connectivity index (χ0v) is 20.5. The van der Waals surface area contributed by atoms with Crippen LogP contribution in [0.15, 0.2) is 53.7 Å². The van der Waals surface area contributed by atoms with Crippen molar-refractivity contribution in [3.05, 3.63) is 64.9 Å². The SMILES string of the molecule is CCOC(=O)C1=C(COc2ccccc2C(C)C)N(C)C(=O)N[C@H]1c1ccc(OC)c(OC)c1. The Hall–Kier alpha value is -3.68. The van der Waals surface area contributed by atoms with Crippen molar-refractivity contribution in [3.8, 4) is 17.2 Å². The van der Waals surface area contributed by atoms with Gasteiger partial charge in [0.05, 0.1) is 38.1 Å². The van der Waals surface area contributed by atoms with E-state index in [1.54, 1.807) is 39.3 Å². The number of hydrogen-bond donors (Lipinski definition) is 1. The van der Waals surface area contributed by atoms with Gasteiger partial charge >= 0.3 is 12.0 Å². The Bertz CT molecular complexity index is 1080. The summed E-state index contributed by atoms with van der Waals surface area (Å²) < 4.78 is 22.3. The van der Waals surface area contributed by atoms with Crippen LogP contribution in [0.2, 0.25) is 0 Å². The second-order valence-corrected chi connectivity index (χ2v) is 8.12. The van der Waals surface area contributed by atoms with Crippen molar-refractivity contribution in [3.63, 3.8) is 0 Å². The van der Waals surface area contributed by atoms with Gasteiger partial charge in [-0.1, -0.05) is 38.1 Å². The van der Waals surface area contributed by atoms with Crippen LogP contribution in [-0.4, -0.2) is 51.4 Å². The van der Waals surface area contributed by atoms with Crippen LogP contribution in [0.1, 0.15) is 43.9 Å². The van der Waals surface area contributed by atoms with Crippen LogP contribution in [0, 0.1) is 0 Å². The summed E-state index contributed by atoms with van der Waals surface area (Å²) in [4.78, 5) is 27.4. The lowest BCUT2D eigenvalue weighted by Crippen LogP contribution is -2.48. The maximum absolute atomic E-state index is 13.1. The number of methoxy groups -OCH3 is 2. The molecular formula is C26H32N2O6. The third kappa shape index (κ3) is 5.11. The lowest BCUT2D eigenvalue weighted by Gasteiger charge is -2.34. The molecule has 1 aliphatic rings. The van der Waals surface area contributed by atoms with Crippen LogP contribution in [0.4, 0.5) is 4.79 Å². The molecule has 8 nitrogen and oxygen atoms in total. The highest BCUT2D eigenvalue weighted by Crippen LogP contribution is 2.36. The zero-order valence-electron chi connectivity index (χ0n) is 20.5. The second-order valence-electron chi connectivity index (χ2n) is 8.12. The molecule has 1 aliphatic heterocycles. The predicted octanol–water partition coefficient (Wildman–Crippen LogP) is 4.42. The fourth-order valence-electron chi connectivity index (χ4n) is 3.90. The number of nitrogens with zero attached hydrogens (tertiary/aromatic N) is 1. The van der Waals surface area contributed by atoms with Gasteiger partial charge in [-0.15, -0.1) is 0 Å². The molecule has 0 saturated heterocycles. The van der Waals surface area contributed by atoms with Gasteiger partial charge in [0.1, 0.15) is 12.4 Å². The highest BCUT2D eigenvalue weighted by atomic mass is 16.5. The molecule has 0 fully saturated rings. The number of para-hydroxylation sites is 1. The molecule has 8 heteroatoms. The molecule has 1 heterocycles. The van der Waals surface area contributed by atoms with Crippen molar-refractivity contribution in [1.29, 1.82) is 0 Å². The third-order valence-electron chi connectivity index (χ3n) is 5.72. The number of esters is 1. The zero-order chi connectivity index (χ0) is 24.8. The van der Waals surface area contributed by atoms with Gasteiger partial charge in [0, 0.05) is 7.05 Å². The Morgan fingerprint density at radius 2 is 1.76 bits per heavy atom. The molecule has 3 rings (SSSR count). The van der Waals surface area contributed by atoms with Crippen molar-refractivity contribution in [2.45, 2.75) is 32.7 Å². The molecule has 0 aliphatic carbocycles. The number of likely N-dealkylation sites (N-methyl/N-ethyl adjacent to an activating group) is 1. The molecule has 0 aromatic heterocycles. The molecule has 2 amide bonds. The van der Waals surface area contributed by atoms with Crippen LogP contribution < -0.4 is 19.5 Å². The summed E-state index contributed by atoms with van der Waals surface area (Å²) in [6.07, 6.45) is 0. The Labute approximate surface area is 200 Å². The van der Waals surface area contributed by atoms with Crippen molar-refractivity contribution in [1.82, 2.24) is 10.2 Å². The summed E-state index contributed by atoms with van der Waals surface area (Å²) in [7, 11) is 4.68. The van der Waals surface area contributed by atoms with Crippen LogP contribution in [0.25, 0.3) is 0 Å². The second kappa shape index (κ2) is 11.0. The quantitative estimate of drug-likeness (QED) is 0.549. The molecule has 182 valence electrons. The van der Waals surface area contributed by atoms with Gasteiger partial charge in [-0.3, -0.25) is 4.90 Å². The van der Waals surface area contributed by atoms with Crippen LogP contribution in [-0.2, 0) is 9.53 Å². The number of urea groups is 1. The fourth-order valence-corrected chi connectivity index (χ4v) is 3.90. The first-order valence-electron chi connectivity index (χ1n) is 11.2. The molecule has 1 atom stereocenters. The number of ether oxygens (including phenoxy) is 4. The standard InChI is InChI=1S/C26H32N2O6/c1-7-33-25(29)23-19(15-34-20-11-9-8-10-18(20)16(2)3)28(4)26(30)27-24(23)17-12-13-21(31-5)22(14-17)32-6/h8-14,16,24H,7,15H2,1-6H3,(H,27,30)/t24-/m0/s1. The number of hydrogen-bond acceptors (Lipinski definition) is 6. The van der Waals surface area contributed by atoms with E-state index in [1.165, 1.54) is 12.0 Å². The Kier molecular flexibility index (Phi) is 8.04. The maximum atomic E-state index is 13.1. The number of benzene rings is 2. The van der Waals surface area contributed by atoms with E-state index >= 15 is 0 Å². The minimum absolute atomic E-state index is 0.0194. The van der Waals surface area contributed by atoms with E-state index in [2.05, 4.69) is 19.2 Å². The summed E-state index contributed by atoms with van der Waals surface area (Å²) in [5.74, 6) is 1.46. The number of carbonyl (C=O) groups is 2. The molecule has 0 spiro atoms. The van der Waals surface area contributed by atoms with Gasteiger partial charge in [0.15, 0.2) is 11.5 Å². The minimum Gasteiger partial charge on any atom is -0.493 e. The third-order valence-corrected chi connectivity index (χ3v) is 5.72. The van der Waals surface area contributed by atoms with Crippen LogP contribution >= 0.6 is 0 Å². The minimum atomic E-state index is -0.749. The molecule has 0 unspecified atom stereocenters. The summed E-state index contributed by atoms with van der Waals surface area (Å²) in [5.41, 5.74) is 2.43. The average molecular weight is 469 g/mol. The number of rotatable bonds is 9. The smallest absolute Gasteiger partial charge is 0.338 e. The highest BCUT2D eigenvalue weighted by Gasteiger charge is 2.37. The van der Waals surface area contributed by atoms with Gasteiger partial charge in [-0.25, -0.2) is 9.59 Å². The molecular weight excluding hydrogens is 436 g/mol. The van der Waals surface area contributed by atoms with Gasteiger partial charge in [0.25, 0.3) is 0 Å². The molecule has 2 aromatic rings. The maximum Gasteiger partial charge on any atom is 0.338 e. The van der Waals surface area contributed by atoms with Gasteiger partial charge < -0.3 is 24.3 Å². The van der Waals surface area contributed by atoms with Crippen LogP contribution in [0.5, 0.6) is 17.2 Å². The summed E-state index contributed by atoms with van der Waals surface area (Å²) in [6.45, 7) is 6.12. The van der Waals surface area contributed by atoms with Gasteiger partial charge in [-0.2, -0.15) is 0 Å². The molecule has 34 heavy (non-hydrogen) atoms. The Morgan fingerprint density at radius 3 is 2.41 bits per heavy atom. The van der Waals surface area contributed by atoms with Gasteiger partial charge in [0.2, 0.25) is 0 Å². The largest absolute Gasteiger partial charge is 0.493 e. The number of carbonyl (C=O) groups excluding carboxylic acids is 2. The highest BCUT2D eigenvalue weighted by molar-refractivity contribution is 5.95. The molecule has 0 saturated carbocycles. The molecule has 0 bridgehead atoms. The Morgan fingerprint density at radius 1 is 1.06 bits per heavy atom. The molecule has 0 radical (unpaired) electrons. The first-order valence-corrected chi connectivity index (χ1v) is 11.2. The van der Waals surface area contributed by atoms with Crippen LogP contribution in [0.3, 0.4) is 0 Å². The van der Waals surface area contributed by atoms with E-state index < -0.39 is 12.0 Å². The number of nitrogens with one attached hydrogen (secondary N) is 1. The lowest BCUT2D eigenvalue weighted by atomic mass is 9.94. The van der Waals surface area contributed by atoms with E-state index in [-0.39, 0.29) is 25.2 Å². The first kappa shape index (κ1) is 25.0. The topological polar surface area (TPSA) is 86.3 Å². The molecule has 2 aromatic carbocycles. The summed E-state index contributed by atoms with van der Waals surface area (Å²) >= 11 is 0. The van der Waals surface area contributed by atoms with E-state index in [9.17, 15) is 9.59 Å². The van der Waals surface area contributed by atoms with E-state index in [0.717, 1.165) is 5.56 Å². The van der Waals surface area contributed by atoms with E-state index in [0.29, 0.717) is 34.1 Å². The monoisotopic (exact) mass is 468 g/mol. The predicted molar refractivity (Wildman–Crippen MR) is 128 cm³/mol. The molecule has 1 N–H and O–H groups in total. The van der Waals surface area contributed by atoms with Crippen molar-refractivity contribution in [2.24, 2.45) is 0 Å². The summed E-state index contributed by atoms with van der Waals surface area (Å²) in [5, 5.41) is 2.89. The Balaban J connectivity index is 2.08. The van der Waals surface area contributed by atoms with Crippen molar-refractivity contribution < 1.29 is 28.5 Å². The first-order chi connectivity index (χ1) is 16.3. The van der Waals surface area contributed by atoms with Crippen molar-refractivity contribution >= 4 is 12.0 Å². The van der Waals surface area contributed by atoms with E-state index in [4.69, 9.17) is 18.9 Å². The average Bonchev–Trinajstić information content (AvgIpc) is 2.84. The number of amides is 2. The summed E-state index contributed by atoms with van der Waals surface area (Å²) in [6, 6.07) is 11.9. The fraction of sp³-hybridized carbons (Fsp3) is 0.385. The van der Waals surface area contributed by atoms with E-state index in [1.807, 2.05) is 24.3 Å². The lowest BCUT2D eigenvalue weighted by molar-refractivity contribution is -0.139. The normalized spacial score (nSPS) is 15.8. The van der Waals surface area contributed by atoms with Gasteiger partial charge in [-0.05, 0) is 42.2 Å². The van der Waals surface area contributed by atoms with Crippen molar-refractivity contribution in [2.75, 3.05) is 34.5 Å².